The smallest absolute Gasteiger partial charge is 0.166 e. The average molecular weight is 264 g/mol. The summed E-state index contributed by atoms with van der Waals surface area (Å²) in [6, 6.07) is 3.76. The van der Waals surface area contributed by atoms with Gasteiger partial charge in [-0.15, -0.1) is 0 Å². The molecule has 2 heterocycles. The number of nitrogens with one attached hydrogen (secondary N) is 2. The largest absolute Gasteiger partial charge is 0.467 e. The highest BCUT2D eigenvalue weighted by Gasteiger charge is 2.04. The van der Waals surface area contributed by atoms with Gasteiger partial charge in [0.2, 0.25) is 0 Å². The third kappa shape index (κ3) is 3.10. The normalized spacial score (nSPS) is 10.3. The maximum atomic E-state index is 5.21. The van der Waals surface area contributed by atoms with Crippen molar-refractivity contribution in [3.8, 4) is 0 Å². The molecule has 0 unspecified atom stereocenters. The molecule has 0 atom stereocenters. The molecule has 96 valence electrons. The van der Waals surface area contributed by atoms with Crippen molar-refractivity contribution in [1.82, 2.24) is 20.4 Å². The van der Waals surface area contributed by atoms with Crippen LogP contribution in [-0.2, 0) is 20.1 Å². The van der Waals surface area contributed by atoms with Crippen LogP contribution in [0.4, 0.5) is 0 Å². The van der Waals surface area contributed by atoms with E-state index in [1.165, 1.54) is 0 Å². The van der Waals surface area contributed by atoms with Gasteiger partial charge in [0, 0.05) is 24.8 Å². The van der Waals surface area contributed by atoms with E-state index in [1.807, 2.05) is 37.0 Å². The van der Waals surface area contributed by atoms with Gasteiger partial charge in [-0.1, -0.05) is 0 Å². The molecule has 18 heavy (non-hydrogen) atoms. The Morgan fingerprint density at radius 2 is 2.22 bits per heavy atom. The molecule has 0 bridgehead atoms. The molecule has 5 nitrogen and oxygen atoms in total. The van der Waals surface area contributed by atoms with Crippen molar-refractivity contribution in [2.45, 2.75) is 20.0 Å². The summed E-state index contributed by atoms with van der Waals surface area (Å²) in [6.45, 7) is 3.29. The van der Waals surface area contributed by atoms with Gasteiger partial charge in [0.1, 0.15) is 5.76 Å². The summed E-state index contributed by atoms with van der Waals surface area (Å²) in [5.41, 5.74) is 2.27. The van der Waals surface area contributed by atoms with E-state index in [1.54, 1.807) is 6.26 Å². The van der Waals surface area contributed by atoms with Crippen molar-refractivity contribution in [2.75, 3.05) is 0 Å². The van der Waals surface area contributed by atoms with E-state index in [9.17, 15) is 0 Å². The number of hydrogen-bond donors (Lipinski definition) is 2. The lowest BCUT2D eigenvalue weighted by atomic mass is 10.2. The lowest BCUT2D eigenvalue weighted by molar-refractivity contribution is 0.502. The fraction of sp³-hybridized carbons (Fsp3) is 0.333. The summed E-state index contributed by atoms with van der Waals surface area (Å²) in [6.07, 6.45) is 3.49. The Bertz CT molecular complexity index is 518. The molecular weight excluding hydrogens is 248 g/mol. The van der Waals surface area contributed by atoms with Crippen LogP contribution in [0.2, 0.25) is 0 Å². The average Bonchev–Trinajstić information content (AvgIpc) is 2.97. The molecule has 0 aliphatic rings. The van der Waals surface area contributed by atoms with E-state index < -0.39 is 0 Å². The molecule has 0 aliphatic carbocycles. The Hall–Kier alpha value is -1.82. The lowest BCUT2D eigenvalue weighted by Crippen LogP contribution is -2.34. The van der Waals surface area contributed by atoms with E-state index >= 15 is 0 Å². The minimum atomic E-state index is 0.588. The number of furan rings is 1. The van der Waals surface area contributed by atoms with Crippen LogP contribution < -0.4 is 10.6 Å². The number of nitrogens with zero attached hydrogens (tertiary/aromatic N) is 2. The summed E-state index contributed by atoms with van der Waals surface area (Å²) in [7, 11) is 1.92. The molecule has 2 aromatic rings. The van der Waals surface area contributed by atoms with Crippen LogP contribution in [-0.4, -0.2) is 14.9 Å². The second-order valence-electron chi connectivity index (χ2n) is 3.99. The topological polar surface area (TPSA) is 55.0 Å². The van der Waals surface area contributed by atoms with Gasteiger partial charge in [-0.3, -0.25) is 4.68 Å². The number of aromatic nitrogens is 2. The zero-order valence-corrected chi connectivity index (χ0v) is 11.3. The van der Waals surface area contributed by atoms with Crippen LogP contribution >= 0.6 is 12.2 Å². The summed E-state index contributed by atoms with van der Waals surface area (Å²) < 4.78 is 7.05. The Kier molecular flexibility index (Phi) is 3.99. The van der Waals surface area contributed by atoms with E-state index in [-0.39, 0.29) is 0 Å². The fourth-order valence-corrected chi connectivity index (χ4v) is 1.68. The van der Waals surface area contributed by atoms with Crippen molar-refractivity contribution >= 4 is 17.3 Å². The molecule has 2 rings (SSSR count). The fourth-order valence-electron chi connectivity index (χ4n) is 1.54. The molecular formula is C12H16N4OS. The SMILES string of the molecule is Cc1c(CNC(=S)NCc2ccco2)cnn1C. The second-order valence-corrected chi connectivity index (χ2v) is 4.40. The van der Waals surface area contributed by atoms with Crippen molar-refractivity contribution in [3.05, 3.63) is 41.6 Å². The van der Waals surface area contributed by atoms with Crippen molar-refractivity contribution in [1.29, 1.82) is 0 Å². The van der Waals surface area contributed by atoms with Crippen molar-refractivity contribution < 1.29 is 4.42 Å². The Balaban J connectivity index is 1.76. The lowest BCUT2D eigenvalue weighted by Gasteiger charge is -2.09. The highest BCUT2D eigenvalue weighted by atomic mass is 32.1. The van der Waals surface area contributed by atoms with E-state index in [2.05, 4.69) is 15.7 Å². The molecule has 0 aliphatic heterocycles. The Labute approximate surface area is 111 Å². The Morgan fingerprint density at radius 1 is 1.44 bits per heavy atom. The van der Waals surface area contributed by atoms with Crippen molar-refractivity contribution in [2.24, 2.45) is 7.05 Å². The first kappa shape index (κ1) is 12.6. The van der Waals surface area contributed by atoms with Gasteiger partial charge >= 0.3 is 0 Å². The third-order valence-corrected chi connectivity index (χ3v) is 3.07. The minimum Gasteiger partial charge on any atom is -0.467 e. The van der Waals surface area contributed by atoms with Gasteiger partial charge < -0.3 is 15.1 Å². The number of thiocarbonyl (C=S) groups is 1. The maximum absolute atomic E-state index is 5.21. The van der Waals surface area contributed by atoms with Gasteiger partial charge in [-0.05, 0) is 31.3 Å². The van der Waals surface area contributed by atoms with Crippen LogP contribution in [0.1, 0.15) is 17.0 Å². The van der Waals surface area contributed by atoms with E-state index in [0.717, 1.165) is 17.0 Å². The second kappa shape index (κ2) is 5.68. The highest BCUT2D eigenvalue weighted by Crippen LogP contribution is 2.04. The zero-order chi connectivity index (χ0) is 13.0. The maximum Gasteiger partial charge on any atom is 0.166 e. The van der Waals surface area contributed by atoms with Crippen LogP contribution in [0.25, 0.3) is 0 Å². The monoisotopic (exact) mass is 264 g/mol. The summed E-state index contributed by atoms with van der Waals surface area (Å²) in [4.78, 5) is 0. The molecule has 0 radical (unpaired) electrons. The first-order valence-electron chi connectivity index (χ1n) is 5.68. The third-order valence-electron chi connectivity index (χ3n) is 2.78. The van der Waals surface area contributed by atoms with E-state index in [4.69, 9.17) is 16.6 Å². The van der Waals surface area contributed by atoms with Crippen LogP contribution in [0.3, 0.4) is 0 Å². The standard InChI is InChI=1S/C12H16N4OS/c1-9-10(7-15-16(9)2)6-13-12(18)14-8-11-4-3-5-17-11/h3-5,7H,6,8H2,1-2H3,(H2,13,14,18). The quantitative estimate of drug-likeness (QED) is 0.819. The van der Waals surface area contributed by atoms with Gasteiger partial charge in [-0.2, -0.15) is 5.10 Å². The molecule has 0 spiro atoms. The first-order chi connectivity index (χ1) is 8.66. The molecule has 0 fully saturated rings. The Morgan fingerprint density at radius 3 is 2.83 bits per heavy atom. The minimum absolute atomic E-state index is 0.588. The molecule has 0 saturated heterocycles. The van der Waals surface area contributed by atoms with Gasteiger partial charge in [0.05, 0.1) is 19.0 Å². The molecule has 2 aromatic heterocycles. The van der Waals surface area contributed by atoms with Crippen molar-refractivity contribution in [3.63, 3.8) is 0 Å². The summed E-state index contributed by atoms with van der Waals surface area (Å²) in [5.74, 6) is 0.858. The molecule has 0 amide bonds. The van der Waals surface area contributed by atoms with Gasteiger partial charge in [0.25, 0.3) is 0 Å². The summed E-state index contributed by atoms with van der Waals surface area (Å²) in [5, 5.41) is 11.0. The molecule has 2 N–H and O–H groups in total. The van der Waals surface area contributed by atoms with E-state index in [0.29, 0.717) is 18.2 Å². The van der Waals surface area contributed by atoms with Crippen LogP contribution in [0.5, 0.6) is 0 Å². The number of hydrogen-bond acceptors (Lipinski definition) is 3. The highest BCUT2D eigenvalue weighted by molar-refractivity contribution is 7.80. The van der Waals surface area contributed by atoms with Gasteiger partial charge in [0.15, 0.2) is 5.11 Å². The molecule has 0 saturated carbocycles. The zero-order valence-electron chi connectivity index (χ0n) is 10.4. The van der Waals surface area contributed by atoms with Crippen LogP contribution in [0, 0.1) is 6.92 Å². The number of aryl methyl sites for hydroxylation is 1. The van der Waals surface area contributed by atoms with Crippen LogP contribution in [0.15, 0.2) is 29.0 Å². The first-order valence-corrected chi connectivity index (χ1v) is 6.09. The molecule has 0 aromatic carbocycles. The predicted octanol–water partition coefficient (Wildman–Crippen LogP) is 1.49. The summed E-state index contributed by atoms with van der Waals surface area (Å²) >= 11 is 5.19. The molecule has 6 heteroatoms. The predicted molar refractivity (Wildman–Crippen MR) is 72.9 cm³/mol. The number of rotatable bonds is 4. The van der Waals surface area contributed by atoms with Gasteiger partial charge in [-0.25, -0.2) is 0 Å².